The number of ether oxygens (including phenoxy) is 1. The number of carbonyl (C=O) groups excluding carboxylic acids is 1. The third-order valence-corrected chi connectivity index (χ3v) is 4.38. The van der Waals surface area contributed by atoms with Crippen molar-refractivity contribution in [3.05, 3.63) is 47.7 Å². The van der Waals surface area contributed by atoms with Crippen LogP contribution in [0.1, 0.15) is 30.4 Å². The maximum atomic E-state index is 12.0. The SMILES string of the molecule is Cc1cccc(Oc2ccc(NC(=O)CC3CCCN3)cn2)c1C. The van der Waals surface area contributed by atoms with Gasteiger partial charge in [0.1, 0.15) is 5.75 Å². The average molecular weight is 325 g/mol. The number of aromatic nitrogens is 1. The molecule has 5 heteroatoms. The van der Waals surface area contributed by atoms with Gasteiger partial charge in [0.2, 0.25) is 11.8 Å². The van der Waals surface area contributed by atoms with E-state index in [1.165, 1.54) is 5.56 Å². The Kier molecular flexibility index (Phi) is 5.11. The lowest BCUT2D eigenvalue weighted by Gasteiger charge is -2.11. The standard InChI is InChI=1S/C19H23N3O2/c1-13-5-3-7-17(14(13)2)24-19-9-8-16(12-21-19)22-18(23)11-15-6-4-10-20-15/h3,5,7-9,12,15,20H,4,6,10-11H2,1-2H3,(H,22,23). The van der Waals surface area contributed by atoms with E-state index in [0.717, 1.165) is 30.7 Å². The lowest BCUT2D eigenvalue weighted by Crippen LogP contribution is -2.27. The van der Waals surface area contributed by atoms with Crippen molar-refractivity contribution in [2.24, 2.45) is 0 Å². The van der Waals surface area contributed by atoms with Crippen molar-refractivity contribution < 1.29 is 9.53 Å². The first-order chi connectivity index (χ1) is 11.6. The Balaban J connectivity index is 1.58. The summed E-state index contributed by atoms with van der Waals surface area (Å²) in [6.45, 7) is 5.08. The quantitative estimate of drug-likeness (QED) is 0.882. The normalized spacial score (nSPS) is 16.8. The number of anilines is 1. The molecule has 1 aromatic carbocycles. The number of nitrogens with zero attached hydrogens (tertiary/aromatic N) is 1. The lowest BCUT2D eigenvalue weighted by molar-refractivity contribution is -0.116. The molecule has 1 atom stereocenters. The van der Waals surface area contributed by atoms with Crippen molar-refractivity contribution in [2.45, 2.75) is 39.2 Å². The van der Waals surface area contributed by atoms with Crippen LogP contribution in [-0.4, -0.2) is 23.5 Å². The Morgan fingerprint density at radius 1 is 1.33 bits per heavy atom. The zero-order valence-corrected chi connectivity index (χ0v) is 14.1. The number of amides is 1. The molecule has 1 amide bonds. The van der Waals surface area contributed by atoms with Gasteiger partial charge >= 0.3 is 0 Å². The van der Waals surface area contributed by atoms with E-state index in [2.05, 4.69) is 15.6 Å². The van der Waals surface area contributed by atoms with E-state index in [1.807, 2.05) is 38.1 Å². The van der Waals surface area contributed by atoms with Crippen LogP contribution in [0.3, 0.4) is 0 Å². The van der Waals surface area contributed by atoms with Crippen molar-refractivity contribution in [3.63, 3.8) is 0 Å². The smallest absolute Gasteiger partial charge is 0.225 e. The first kappa shape index (κ1) is 16.5. The summed E-state index contributed by atoms with van der Waals surface area (Å²) in [5, 5.41) is 6.21. The minimum Gasteiger partial charge on any atom is -0.439 e. The van der Waals surface area contributed by atoms with Crippen LogP contribution in [-0.2, 0) is 4.79 Å². The van der Waals surface area contributed by atoms with E-state index in [-0.39, 0.29) is 5.91 Å². The van der Waals surface area contributed by atoms with Gasteiger partial charge in [-0.3, -0.25) is 4.79 Å². The van der Waals surface area contributed by atoms with Crippen molar-refractivity contribution in [3.8, 4) is 11.6 Å². The summed E-state index contributed by atoms with van der Waals surface area (Å²) in [4.78, 5) is 16.3. The molecule has 1 fully saturated rings. The molecular formula is C19H23N3O2. The van der Waals surface area contributed by atoms with E-state index < -0.39 is 0 Å². The summed E-state index contributed by atoms with van der Waals surface area (Å²) in [6.07, 6.45) is 4.33. The molecule has 0 aliphatic carbocycles. The molecule has 0 spiro atoms. The topological polar surface area (TPSA) is 63.2 Å². The van der Waals surface area contributed by atoms with E-state index in [9.17, 15) is 4.79 Å². The fraction of sp³-hybridized carbons (Fsp3) is 0.368. The van der Waals surface area contributed by atoms with E-state index >= 15 is 0 Å². The molecule has 2 heterocycles. The molecule has 3 rings (SSSR count). The minimum atomic E-state index is 0.0133. The van der Waals surface area contributed by atoms with Gasteiger partial charge in [0.15, 0.2) is 0 Å². The molecule has 1 aliphatic rings. The van der Waals surface area contributed by atoms with Gasteiger partial charge in [-0.25, -0.2) is 4.98 Å². The Bertz CT molecular complexity index is 707. The highest BCUT2D eigenvalue weighted by Gasteiger charge is 2.17. The highest BCUT2D eigenvalue weighted by atomic mass is 16.5. The summed E-state index contributed by atoms with van der Waals surface area (Å²) in [7, 11) is 0. The fourth-order valence-corrected chi connectivity index (χ4v) is 2.83. The summed E-state index contributed by atoms with van der Waals surface area (Å²) < 4.78 is 5.82. The molecule has 24 heavy (non-hydrogen) atoms. The van der Waals surface area contributed by atoms with Crippen LogP contribution in [0.5, 0.6) is 11.6 Å². The second-order valence-electron chi connectivity index (χ2n) is 6.23. The molecule has 0 bridgehead atoms. The Labute approximate surface area is 142 Å². The van der Waals surface area contributed by atoms with Crippen LogP contribution in [0.15, 0.2) is 36.5 Å². The van der Waals surface area contributed by atoms with Crippen LogP contribution in [0, 0.1) is 13.8 Å². The molecule has 1 saturated heterocycles. The molecule has 2 aromatic rings. The highest BCUT2D eigenvalue weighted by Crippen LogP contribution is 2.26. The summed E-state index contributed by atoms with van der Waals surface area (Å²) in [5.74, 6) is 1.32. The zero-order chi connectivity index (χ0) is 16.9. The maximum absolute atomic E-state index is 12.0. The Morgan fingerprint density at radius 3 is 2.92 bits per heavy atom. The monoisotopic (exact) mass is 325 g/mol. The Morgan fingerprint density at radius 2 is 2.21 bits per heavy atom. The van der Waals surface area contributed by atoms with Gasteiger partial charge in [-0.15, -0.1) is 0 Å². The fourth-order valence-electron chi connectivity index (χ4n) is 2.83. The maximum Gasteiger partial charge on any atom is 0.225 e. The molecule has 1 aromatic heterocycles. The molecule has 5 nitrogen and oxygen atoms in total. The minimum absolute atomic E-state index is 0.0133. The number of carbonyl (C=O) groups is 1. The number of benzene rings is 1. The second kappa shape index (κ2) is 7.45. The van der Waals surface area contributed by atoms with Crippen molar-refractivity contribution >= 4 is 11.6 Å². The number of pyridine rings is 1. The largest absolute Gasteiger partial charge is 0.439 e. The van der Waals surface area contributed by atoms with E-state index in [4.69, 9.17) is 4.74 Å². The van der Waals surface area contributed by atoms with Gasteiger partial charge in [-0.2, -0.15) is 0 Å². The van der Waals surface area contributed by atoms with E-state index in [1.54, 1.807) is 12.3 Å². The molecular weight excluding hydrogens is 302 g/mol. The van der Waals surface area contributed by atoms with Gasteiger partial charge in [-0.1, -0.05) is 12.1 Å². The number of nitrogens with one attached hydrogen (secondary N) is 2. The predicted molar refractivity (Wildman–Crippen MR) is 94.5 cm³/mol. The van der Waals surface area contributed by atoms with Crippen LogP contribution in [0.2, 0.25) is 0 Å². The summed E-state index contributed by atoms with van der Waals surface area (Å²) >= 11 is 0. The molecule has 126 valence electrons. The van der Waals surface area contributed by atoms with Crippen molar-refractivity contribution in [1.29, 1.82) is 0 Å². The average Bonchev–Trinajstić information content (AvgIpc) is 3.06. The first-order valence-corrected chi connectivity index (χ1v) is 8.35. The first-order valence-electron chi connectivity index (χ1n) is 8.35. The van der Waals surface area contributed by atoms with Gasteiger partial charge in [0.05, 0.1) is 11.9 Å². The van der Waals surface area contributed by atoms with Gasteiger partial charge in [-0.05, 0) is 56.5 Å². The molecule has 0 radical (unpaired) electrons. The predicted octanol–water partition coefficient (Wildman–Crippen LogP) is 3.57. The Hall–Kier alpha value is -2.40. The molecule has 2 N–H and O–H groups in total. The molecule has 1 unspecified atom stereocenters. The van der Waals surface area contributed by atoms with Gasteiger partial charge < -0.3 is 15.4 Å². The van der Waals surface area contributed by atoms with Gasteiger partial charge in [0, 0.05) is 18.5 Å². The van der Waals surface area contributed by atoms with Crippen LogP contribution < -0.4 is 15.4 Å². The third kappa shape index (κ3) is 4.11. The lowest BCUT2D eigenvalue weighted by atomic mass is 10.1. The van der Waals surface area contributed by atoms with Crippen molar-refractivity contribution in [1.82, 2.24) is 10.3 Å². The number of hydrogen-bond acceptors (Lipinski definition) is 4. The van der Waals surface area contributed by atoms with E-state index in [0.29, 0.717) is 24.0 Å². The number of aryl methyl sites for hydroxylation is 1. The van der Waals surface area contributed by atoms with Crippen LogP contribution in [0.4, 0.5) is 5.69 Å². The molecule has 0 saturated carbocycles. The van der Waals surface area contributed by atoms with Crippen LogP contribution >= 0.6 is 0 Å². The highest BCUT2D eigenvalue weighted by molar-refractivity contribution is 5.90. The summed E-state index contributed by atoms with van der Waals surface area (Å²) in [6, 6.07) is 9.81. The number of hydrogen-bond donors (Lipinski definition) is 2. The second-order valence-corrected chi connectivity index (χ2v) is 6.23. The zero-order valence-electron chi connectivity index (χ0n) is 14.1. The van der Waals surface area contributed by atoms with Gasteiger partial charge in [0.25, 0.3) is 0 Å². The van der Waals surface area contributed by atoms with Crippen LogP contribution in [0.25, 0.3) is 0 Å². The summed E-state index contributed by atoms with van der Waals surface area (Å²) in [5.41, 5.74) is 2.96. The third-order valence-electron chi connectivity index (χ3n) is 4.38. The number of rotatable bonds is 5. The van der Waals surface area contributed by atoms with Crippen molar-refractivity contribution in [2.75, 3.05) is 11.9 Å². The molecule has 1 aliphatic heterocycles.